The number of benzene rings is 1. The first-order valence-electron chi connectivity index (χ1n) is 9.28. The van der Waals surface area contributed by atoms with Gasteiger partial charge in [0.1, 0.15) is 5.75 Å². The van der Waals surface area contributed by atoms with E-state index in [-0.39, 0.29) is 43.9 Å². The first kappa shape index (κ1) is 24.5. The van der Waals surface area contributed by atoms with E-state index < -0.39 is 5.97 Å². The van der Waals surface area contributed by atoms with Crippen LogP contribution in [-0.2, 0) is 14.3 Å². The van der Waals surface area contributed by atoms with Crippen molar-refractivity contribution < 1.29 is 19.1 Å². The van der Waals surface area contributed by atoms with E-state index in [0.717, 1.165) is 26.2 Å². The second-order valence-corrected chi connectivity index (χ2v) is 6.66. The summed E-state index contributed by atoms with van der Waals surface area (Å²) in [5.74, 6) is -0.0663. The summed E-state index contributed by atoms with van der Waals surface area (Å²) in [6.07, 6.45) is 2.35. The highest BCUT2D eigenvalue weighted by molar-refractivity contribution is 5.85. The predicted molar refractivity (Wildman–Crippen MR) is 111 cm³/mol. The van der Waals surface area contributed by atoms with E-state index in [1.54, 1.807) is 17.0 Å². The van der Waals surface area contributed by atoms with Crippen molar-refractivity contribution in [2.45, 2.75) is 18.9 Å². The number of esters is 1. The number of para-hydroxylation sites is 1. The van der Waals surface area contributed by atoms with Crippen LogP contribution in [0.3, 0.4) is 0 Å². The van der Waals surface area contributed by atoms with Gasteiger partial charge in [-0.05, 0) is 38.1 Å². The average Bonchev–Trinajstić information content (AvgIpc) is 2.72. The van der Waals surface area contributed by atoms with Crippen LogP contribution >= 0.6 is 24.8 Å². The van der Waals surface area contributed by atoms with Gasteiger partial charge in [0.25, 0.3) is 5.91 Å². The maximum atomic E-state index is 12.2. The molecular formula is C19H29Cl2N3O4. The van der Waals surface area contributed by atoms with Crippen LogP contribution in [-0.4, -0.2) is 80.2 Å². The predicted octanol–water partition coefficient (Wildman–Crippen LogP) is 1.35. The minimum atomic E-state index is -0.532. The van der Waals surface area contributed by atoms with Crippen LogP contribution in [0, 0.1) is 0 Å². The van der Waals surface area contributed by atoms with Gasteiger partial charge < -0.3 is 19.7 Å². The van der Waals surface area contributed by atoms with Gasteiger partial charge in [0.15, 0.2) is 13.2 Å². The van der Waals surface area contributed by atoms with Gasteiger partial charge >= 0.3 is 5.97 Å². The van der Waals surface area contributed by atoms with Crippen LogP contribution in [0.15, 0.2) is 30.3 Å². The Bertz CT molecular complexity index is 592. The van der Waals surface area contributed by atoms with Gasteiger partial charge in [-0.1, -0.05) is 18.2 Å². The number of amides is 1. The molecule has 0 aromatic heterocycles. The first-order valence-corrected chi connectivity index (χ1v) is 9.28. The number of nitrogens with one attached hydrogen (secondary N) is 1. The van der Waals surface area contributed by atoms with Crippen LogP contribution in [0.4, 0.5) is 0 Å². The molecule has 7 nitrogen and oxygen atoms in total. The zero-order chi connectivity index (χ0) is 18.2. The molecule has 0 radical (unpaired) electrons. The van der Waals surface area contributed by atoms with Crippen molar-refractivity contribution in [3.05, 3.63) is 30.3 Å². The molecule has 0 saturated carbocycles. The molecule has 1 aromatic rings. The molecule has 1 aromatic carbocycles. The van der Waals surface area contributed by atoms with E-state index in [1.807, 2.05) is 18.2 Å². The van der Waals surface area contributed by atoms with Crippen LogP contribution in [0.1, 0.15) is 12.8 Å². The topological polar surface area (TPSA) is 71.1 Å². The molecule has 2 aliphatic heterocycles. The van der Waals surface area contributed by atoms with Crippen molar-refractivity contribution >= 4 is 36.7 Å². The number of carbonyl (C=O) groups excluding carboxylic acids is 2. The van der Waals surface area contributed by atoms with Crippen molar-refractivity contribution in [2.24, 2.45) is 0 Å². The lowest BCUT2D eigenvalue weighted by Crippen LogP contribution is -2.54. The smallest absolute Gasteiger partial charge is 0.344 e. The molecule has 0 spiro atoms. The van der Waals surface area contributed by atoms with Gasteiger partial charge in [-0.3, -0.25) is 9.69 Å². The molecule has 1 amide bonds. The van der Waals surface area contributed by atoms with Crippen molar-refractivity contribution in [3.8, 4) is 5.75 Å². The van der Waals surface area contributed by atoms with Gasteiger partial charge in [0.05, 0.1) is 0 Å². The molecule has 0 bridgehead atoms. The van der Waals surface area contributed by atoms with Crippen LogP contribution in [0.5, 0.6) is 5.75 Å². The fourth-order valence-electron chi connectivity index (χ4n) is 3.44. The first-order chi connectivity index (χ1) is 12.7. The lowest BCUT2D eigenvalue weighted by atomic mass is 10.0. The molecule has 2 saturated heterocycles. The number of hydrogen-bond donors (Lipinski definition) is 1. The highest BCUT2D eigenvalue weighted by Gasteiger charge is 2.27. The molecule has 0 atom stereocenters. The normalized spacial score (nSPS) is 17.8. The Hall–Kier alpha value is -1.54. The summed E-state index contributed by atoms with van der Waals surface area (Å²) < 4.78 is 10.4. The zero-order valence-corrected chi connectivity index (χ0v) is 17.5. The summed E-state index contributed by atoms with van der Waals surface area (Å²) in [5, 5.41) is 3.38. The van der Waals surface area contributed by atoms with Crippen molar-refractivity contribution in [3.63, 3.8) is 0 Å². The number of rotatable bonds is 6. The molecule has 1 N–H and O–H groups in total. The molecule has 2 heterocycles. The number of hydrogen-bond acceptors (Lipinski definition) is 6. The summed E-state index contributed by atoms with van der Waals surface area (Å²) in [4.78, 5) is 28.2. The summed E-state index contributed by atoms with van der Waals surface area (Å²) >= 11 is 0. The summed E-state index contributed by atoms with van der Waals surface area (Å²) in [6.45, 7) is 4.91. The van der Waals surface area contributed by atoms with Gasteiger partial charge in [0, 0.05) is 32.2 Å². The molecule has 158 valence electrons. The average molecular weight is 434 g/mol. The third-order valence-electron chi connectivity index (χ3n) is 4.95. The van der Waals surface area contributed by atoms with Crippen molar-refractivity contribution in [1.82, 2.24) is 15.1 Å². The number of ether oxygens (including phenoxy) is 2. The Morgan fingerprint density at radius 3 is 2.25 bits per heavy atom. The molecule has 2 fully saturated rings. The maximum absolute atomic E-state index is 12.2. The van der Waals surface area contributed by atoms with Crippen LogP contribution in [0.25, 0.3) is 0 Å². The van der Waals surface area contributed by atoms with E-state index in [4.69, 9.17) is 9.47 Å². The van der Waals surface area contributed by atoms with E-state index in [0.29, 0.717) is 24.9 Å². The summed E-state index contributed by atoms with van der Waals surface area (Å²) in [7, 11) is 0. The Morgan fingerprint density at radius 2 is 1.61 bits per heavy atom. The second-order valence-electron chi connectivity index (χ2n) is 6.66. The Balaban J connectivity index is 0.00000196. The number of piperidine rings is 1. The quantitative estimate of drug-likeness (QED) is 0.682. The minimum absolute atomic E-state index is 0. The van der Waals surface area contributed by atoms with Crippen molar-refractivity contribution in [1.29, 1.82) is 0 Å². The van der Waals surface area contributed by atoms with Crippen LogP contribution in [0.2, 0.25) is 0 Å². The Labute approximate surface area is 178 Å². The highest BCUT2D eigenvalue weighted by Crippen LogP contribution is 2.14. The highest BCUT2D eigenvalue weighted by atomic mass is 35.5. The second kappa shape index (κ2) is 12.8. The van der Waals surface area contributed by atoms with E-state index in [1.165, 1.54) is 12.8 Å². The minimum Gasteiger partial charge on any atom is -0.482 e. The lowest BCUT2D eigenvalue weighted by Gasteiger charge is -2.40. The Kier molecular flexibility index (Phi) is 11.2. The van der Waals surface area contributed by atoms with Gasteiger partial charge in [-0.25, -0.2) is 4.79 Å². The molecule has 3 rings (SSSR count). The fraction of sp³-hybridized carbons (Fsp3) is 0.579. The monoisotopic (exact) mass is 433 g/mol. The fourth-order valence-corrected chi connectivity index (χ4v) is 3.44. The van der Waals surface area contributed by atoms with Gasteiger partial charge in [-0.15, -0.1) is 24.8 Å². The SMILES string of the molecule is Cl.Cl.O=C(COc1ccccc1)OCC(=O)N1CCN(C2CCNCC2)CC1. The van der Waals surface area contributed by atoms with Gasteiger partial charge in [0.2, 0.25) is 0 Å². The number of nitrogens with zero attached hydrogens (tertiary/aromatic N) is 2. The molecule has 0 unspecified atom stereocenters. The lowest BCUT2D eigenvalue weighted by molar-refractivity contribution is -0.154. The largest absolute Gasteiger partial charge is 0.482 e. The maximum Gasteiger partial charge on any atom is 0.344 e. The molecule has 2 aliphatic rings. The standard InChI is InChI=1S/C19H27N3O4.2ClH/c23-18(14-26-19(24)15-25-17-4-2-1-3-5-17)22-12-10-21(11-13-22)16-6-8-20-9-7-16;;/h1-5,16,20H,6-15H2;2*1H. The third-order valence-corrected chi connectivity index (χ3v) is 4.95. The van der Waals surface area contributed by atoms with E-state index in [9.17, 15) is 9.59 Å². The van der Waals surface area contributed by atoms with E-state index >= 15 is 0 Å². The number of halogens is 2. The molecule has 28 heavy (non-hydrogen) atoms. The third kappa shape index (κ3) is 7.47. The summed E-state index contributed by atoms with van der Waals surface area (Å²) in [5.41, 5.74) is 0. The van der Waals surface area contributed by atoms with Crippen molar-refractivity contribution in [2.75, 3.05) is 52.5 Å². The number of piperazine rings is 1. The summed E-state index contributed by atoms with van der Waals surface area (Å²) in [6, 6.07) is 9.68. The van der Waals surface area contributed by atoms with E-state index in [2.05, 4.69) is 10.2 Å². The van der Waals surface area contributed by atoms with Crippen LogP contribution < -0.4 is 10.1 Å². The molecule has 9 heteroatoms. The molecular weight excluding hydrogens is 405 g/mol. The Morgan fingerprint density at radius 1 is 0.964 bits per heavy atom. The molecule has 0 aliphatic carbocycles. The zero-order valence-electron chi connectivity index (χ0n) is 15.9. The van der Waals surface area contributed by atoms with Gasteiger partial charge in [-0.2, -0.15) is 0 Å². The number of carbonyl (C=O) groups is 2.